The van der Waals surface area contributed by atoms with E-state index in [-0.39, 0.29) is 5.91 Å². The van der Waals surface area contributed by atoms with Gasteiger partial charge in [0.25, 0.3) is 0 Å². The lowest BCUT2D eigenvalue weighted by Crippen LogP contribution is -2.43. The van der Waals surface area contributed by atoms with E-state index in [1.54, 1.807) is 6.92 Å². The maximum absolute atomic E-state index is 11.1. The van der Waals surface area contributed by atoms with E-state index in [0.717, 1.165) is 26.1 Å². The van der Waals surface area contributed by atoms with E-state index in [1.165, 1.54) is 12.8 Å². The summed E-state index contributed by atoms with van der Waals surface area (Å²) in [6.45, 7) is 4.67. The molecule has 0 radical (unpaired) electrons. The van der Waals surface area contributed by atoms with Crippen molar-refractivity contribution in [1.29, 1.82) is 0 Å². The molecule has 2 fully saturated rings. The molecule has 2 aliphatic rings. The number of rotatable bonds is 0. The number of carbonyl (C=O) groups excluding carboxylic acids is 1. The fraction of sp³-hybridized carbons (Fsp3) is 0.889. The molecule has 1 atom stereocenters. The highest BCUT2D eigenvalue weighted by Gasteiger charge is 2.40. The van der Waals surface area contributed by atoms with Gasteiger partial charge in [-0.05, 0) is 25.8 Å². The molecule has 0 aromatic rings. The highest BCUT2D eigenvalue weighted by molar-refractivity contribution is 5.73. The van der Waals surface area contributed by atoms with Crippen molar-refractivity contribution in [2.75, 3.05) is 19.6 Å². The predicted molar refractivity (Wildman–Crippen MR) is 46.8 cm³/mol. The van der Waals surface area contributed by atoms with Crippen molar-refractivity contribution in [2.45, 2.75) is 31.7 Å². The summed E-state index contributed by atoms with van der Waals surface area (Å²) in [5, 5.41) is 3.52. The van der Waals surface area contributed by atoms with Gasteiger partial charge in [0.15, 0.2) is 0 Å². The number of amides is 1. The number of nitrogens with zero attached hydrogens (tertiary/aromatic N) is 1. The average molecular weight is 168 g/mol. The molecule has 3 heteroatoms. The first-order chi connectivity index (χ1) is 5.72. The maximum Gasteiger partial charge on any atom is 0.219 e. The van der Waals surface area contributed by atoms with Crippen LogP contribution < -0.4 is 5.32 Å². The highest BCUT2D eigenvalue weighted by Crippen LogP contribution is 2.29. The summed E-state index contributed by atoms with van der Waals surface area (Å²) < 4.78 is 0. The second-order valence-electron chi connectivity index (χ2n) is 4.00. The molecular formula is C9H16N2O. The Bertz CT molecular complexity index is 197. The lowest BCUT2D eigenvalue weighted by atomic mass is 9.97. The number of likely N-dealkylation sites (tertiary alicyclic amines) is 1. The Morgan fingerprint density at radius 2 is 2.33 bits per heavy atom. The third-order valence-electron chi connectivity index (χ3n) is 3.13. The molecule has 0 aromatic heterocycles. The SMILES string of the molecule is CC(=O)N1CCC2(CCCN2)C1. The average Bonchev–Trinajstić information content (AvgIpc) is 2.62. The van der Waals surface area contributed by atoms with Crippen LogP contribution in [0, 0.1) is 0 Å². The van der Waals surface area contributed by atoms with Crippen molar-refractivity contribution in [3.63, 3.8) is 0 Å². The summed E-state index contributed by atoms with van der Waals surface area (Å²) in [7, 11) is 0. The van der Waals surface area contributed by atoms with Gasteiger partial charge < -0.3 is 10.2 Å². The van der Waals surface area contributed by atoms with Crippen LogP contribution in [0.2, 0.25) is 0 Å². The number of carbonyl (C=O) groups is 1. The Balaban J connectivity index is 2.01. The summed E-state index contributed by atoms with van der Waals surface area (Å²) in [5.41, 5.74) is 0.297. The van der Waals surface area contributed by atoms with E-state index in [4.69, 9.17) is 0 Å². The number of nitrogens with one attached hydrogen (secondary N) is 1. The molecule has 68 valence electrons. The van der Waals surface area contributed by atoms with Gasteiger partial charge in [-0.3, -0.25) is 4.79 Å². The third kappa shape index (κ3) is 1.22. The van der Waals surface area contributed by atoms with Crippen LogP contribution in [-0.2, 0) is 4.79 Å². The highest BCUT2D eigenvalue weighted by atomic mass is 16.2. The lowest BCUT2D eigenvalue weighted by molar-refractivity contribution is -0.128. The van der Waals surface area contributed by atoms with Crippen LogP contribution in [0.5, 0.6) is 0 Å². The molecule has 2 heterocycles. The van der Waals surface area contributed by atoms with E-state index in [2.05, 4.69) is 5.32 Å². The van der Waals surface area contributed by atoms with Crippen molar-refractivity contribution >= 4 is 5.91 Å². The van der Waals surface area contributed by atoms with Gasteiger partial charge in [0.05, 0.1) is 0 Å². The molecule has 12 heavy (non-hydrogen) atoms. The van der Waals surface area contributed by atoms with Gasteiger partial charge in [0.1, 0.15) is 0 Å². The van der Waals surface area contributed by atoms with Gasteiger partial charge in [0, 0.05) is 25.6 Å². The van der Waals surface area contributed by atoms with Crippen molar-refractivity contribution < 1.29 is 4.79 Å². The van der Waals surface area contributed by atoms with E-state index in [0.29, 0.717) is 5.54 Å². The number of hydrogen-bond acceptors (Lipinski definition) is 2. The molecular weight excluding hydrogens is 152 g/mol. The first-order valence-corrected chi connectivity index (χ1v) is 4.72. The van der Waals surface area contributed by atoms with E-state index in [9.17, 15) is 4.79 Å². The van der Waals surface area contributed by atoms with E-state index in [1.807, 2.05) is 4.90 Å². The van der Waals surface area contributed by atoms with Gasteiger partial charge in [0.2, 0.25) is 5.91 Å². The Kier molecular flexibility index (Phi) is 1.83. The van der Waals surface area contributed by atoms with Crippen LogP contribution in [0.15, 0.2) is 0 Å². The van der Waals surface area contributed by atoms with Crippen LogP contribution in [0.3, 0.4) is 0 Å². The van der Waals surface area contributed by atoms with Crippen LogP contribution in [0.25, 0.3) is 0 Å². The first-order valence-electron chi connectivity index (χ1n) is 4.72. The molecule has 1 unspecified atom stereocenters. The second-order valence-corrected chi connectivity index (χ2v) is 4.00. The zero-order chi connectivity index (χ0) is 8.60. The molecule has 2 aliphatic heterocycles. The standard InChI is InChI=1S/C9H16N2O/c1-8(12)11-6-4-9(7-11)3-2-5-10-9/h10H,2-7H2,1H3. The Labute approximate surface area is 73.1 Å². The summed E-state index contributed by atoms with van der Waals surface area (Å²) in [6.07, 6.45) is 3.66. The minimum atomic E-state index is 0.223. The zero-order valence-corrected chi connectivity index (χ0v) is 7.60. The summed E-state index contributed by atoms with van der Waals surface area (Å²) in [6, 6.07) is 0. The van der Waals surface area contributed by atoms with Gasteiger partial charge in [-0.2, -0.15) is 0 Å². The second kappa shape index (κ2) is 2.73. The smallest absolute Gasteiger partial charge is 0.219 e. The van der Waals surface area contributed by atoms with Gasteiger partial charge in [-0.25, -0.2) is 0 Å². The summed E-state index contributed by atoms with van der Waals surface area (Å²) in [5.74, 6) is 0.223. The Morgan fingerprint density at radius 1 is 1.50 bits per heavy atom. The molecule has 0 saturated carbocycles. The largest absolute Gasteiger partial charge is 0.341 e. The normalized spacial score (nSPS) is 34.9. The van der Waals surface area contributed by atoms with Crippen LogP contribution in [0.1, 0.15) is 26.2 Å². The van der Waals surface area contributed by atoms with Crippen molar-refractivity contribution in [2.24, 2.45) is 0 Å². The fourth-order valence-electron chi connectivity index (χ4n) is 2.36. The topological polar surface area (TPSA) is 32.3 Å². The molecule has 2 saturated heterocycles. The van der Waals surface area contributed by atoms with Crippen molar-refractivity contribution in [3.05, 3.63) is 0 Å². The zero-order valence-electron chi connectivity index (χ0n) is 7.60. The Morgan fingerprint density at radius 3 is 2.83 bits per heavy atom. The molecule has 1 amide bonds. The predicted octanol–water partition coefficient (Wildman–Crippen LogP) is 0.361. The quantitative estimate of drug-likeness (QED) is 0.566. The fourth-order valence-corrected chi connectivity index (χ4v) is 2.36. The molecule has 0 aliphatic carbocycles. The molecule has 3 nitrogen and oxygen atoms in total. The van der Waals surface area contributed by atoms with E-state index >= 15 is 0 Å². The summed E-state index contributed by atoms with van der Waals surface area (Å²) in [4.78, 5) is 13.0. The van der Waals surface area contributed by atoms with Gasteiger partial charge >= 0.3 is 0 Å². The van der Waals surface area contributed by atoms with E-state index < -0.39 is 0 Å². The number of hydrogen-bond donors (Lipinski definition) is 1. The lowest BCUT2D eigenvalue weighted by Gasteiger charge is -2.23. The minimum absolute atomic E-state index is 0.223. The molecule has 2 rings (SSSR count). The van der Waals surface area contributed by atoms with Gasteiger partial charge in [-0.15, -0.1) is 0 Å². The van der Waals surface area contributed by atoms with Crippen LogP contribution in [0.4, 0.5) is 0 Å². The van der Waals surface area contributed by atoms with Crippen LogP contribution in [-0.4, -0.2) is 36.0 Å². The molecule has 0 aromatic carbocycles. The molecule has 1 N–H and O–H groups in total. The maximum atomic E-state index is 11.1. The Hall–Kier alpha value is -0.570. The van der Waals surface area contributed by atoms with Crippen LogP contribution >= 0.6 is 0 Å². The minimum Gasteiger partial charge on any atom is -0.341 e. The third-order valence-corrected chi connectivity index (χ3v) is 3.13. The first kappa shape index (κ1) is 8.05. The van der Waals surface area contributed by atoms with Crippen molar-refractivity contribution in [3.8, 4) is 0 Å². The summed E-state index contributed by atoms with van der Waals surface area (Å²) >= 11 is 0. The molecule has 1 spiro atoms. The van der Waals surface area contributed by atoms with Crippen molar-refractivity contribution in [1.82, 2.24) is 10.2 Å². The molecule has 0 bridgehead atoms. The van der Waals surface area contributed by atoms with Gasteiger partial charge in [-0.1, -0.05) is 0 Å². The monoisotopic (exact) mass is 168 g/mol.